The maximum atomic E-state index is 11.9. The number of nitrogens with zero attached hydrogens (tertiary/aromatic N) is 2. The molecule has 1 aliphatic carbocycles. The SMILES string of the molecule is CN(Cc1ccccc1S(=O)(=O)O)c1ccc2c(c1)[Si](C)(C)C1=CC(=[N+](C)Cc3ccc(S(=O)(=O)O)cc3)C=CC1=C2. The molecule has 0 atom stereocenters. The molecule has 3 aromatic carbocycles. The van der Waals surface area contributed by atoms with Gasteiger partial charge in [-0.2, -0.15) is 16.8 Å². The highest BCUT2D eigenvalue weighted by atomic mass is 32.2. The van der Waals surface area contributed by atoms with Crippen LogP contribution in [0.4, 0.5) is 5.69 Å². The van der Waals surface area contributed by atoms with Crippen LogP contribution in [0, 0.1) is 0 Å². The zero-order valence-corrected chi connectivity index (χ0v) is 26.4. The molecular weight excluding hydrogens is 589 g/mol. The van der Waals surface area contributed by atoms with Gasteiger partial charge >= 0.3 is 0 Å². The van der Waals surface area contributed by atoms with Gasteiger partial charge in [0.05, 0.1) is 9.79 Å². The molecule has 0 saturated carbocycles. The maximum absolute atomic E-state index is 11.9. The van der Waals surface area contributed by atoms with Crippen molar-refractivity contribution in [3.8, 4) is 0 Å². The van der Waals surface area contributed by atoms with Crippen LogP contribution in [-0.2, 0) is 33.3 Å². The molecule has 0 fully saturated rings. The first kappa shape index (κ1) is 29.9. The lowest BCUT2D eigenvalue weighted by Crippen LogP contribution is -2.48. The summed E-state index contributed by atoms with van der Waals surface area (Å²) in [5.74, 6) is 0. The molecule has 3 aromatic rings. The van der Waals surface area contributed by atoms with Gasteiger partial charge in [0.15, 0.2) is 12.3 Å². The largest absolute Gasteiger partial charge is 0.370 e. The molecule has 2 aliphatic rings. The second-order valence-corrected chi connectivity index (χ2v) is 18.4. The van der Waals surface area contributed by atoms with E-state index in [4.69, 9.17) is 0 Å². The summed E-state index contributed by atoms with van der Waals surface area (Å²) in [5.41, 5.74) is 5.80. The minimum Gasteiger partial charge on any atom is -0.370 e. The highest BCUT2D eigenvalue weighted by Gasteiger charge is 2.37. The molecule has 42 heavy (non-hydrogen) atoms. The van der Waals surface area contributed by atoms with Crippen LogP contribution in [0.5, 0.6) is 0 Å². The maximum Gasteiger partial charge on any atom is 0.294 e. The second-order valence-electron chi connectivity index (χ2n) is 11.2. The van der Waals surface area contributed by atoms with Gasteiger partial charge in [0.2, 0.25) is 0 Å². The highest BCUT2D eigenvalue weighted by Crippen LogP contribution is 2.34. The number of hydrogen-bond acceptors (Lipinski definition) is 5. The number of benzene rings is 3. The van der Waals surface area contributed by atoms with Crippen LogP contribution in [-0.4, -0.2) is 58.4 Å². The molecule has 1 aliphatic heterocycles. The Morgan fingerprint density at radius 3 is 2.21 bits per heavy atom. The standard InChI is InChI=1S/C31H32N2O6S2Si/c1-32(20-22-9-15-28(16-10-22)40(34,35)36)26-13-11-23-17-24-12-14-27(19-31(24)42(3,4)30(23)18-26)33(2)21-25-7-5-6-8-29(25)41(37,38)39/h5-19H,20-21H2,1-4H3,(H-,34,35,36,37,38,39)/p+1. The fraction of sp³-hybridized carbons (Fsp3) is 0.194. The molecule has 11 heteroatoms. The molecular formula is C31H33N2O6S2Si+. The first-order chi connectivity index (χ1) is 19.6. The Morgan fingerprint density at radius 2 is 1.55 bits per heavy atom. The summed E-state index contributed by atoms with van der Waals surface area (Å²) in [6, 6.07) is 19.0. The summed E-state index contributed by atoms with van der Waals surface area (Å²) >= 11 is 0. The third-order valence-electron chi connectivity index (χ3n) is 7.91. The van der Waals surface area contributed by atoms with E-state index in [9.17, 15) is 25.9 Å². The number of hydrogen-bond donors (Lipinski definition) is 2. The zero-order valence-electron chi connectivity index (χ0n) is 23.8. The third-order valence-corrected chi connectivity index (χ3v) is 13.3. The molecule has 0 bridgehead atoms. The molecule has 0 amide bonds. The van der Waals surface area contributed by atoms with Crippen molar-refractivity contribution in [2.75, 3.05) is 19.0 Å². The molecule has 8 nitrogen and oxygen atoms in total. The van der Waals surface area contributed by atoms with Gasteiger partial charge < -0.3 is 4.90 Å². The van der Waals surface area contributed by atoms with E-state index in [2.05, 4.69) is 54.1 Å². The summed E-state index contributed by atoms with van der Waals surface area (Å²) < 4.78 is 67.6. The van der Waals surface area contributed by atoms with Gasteiger partial charge in [-0.1, -0.05) is 49.5 Å². The van der Waals surface area contributed by atoms with Crippen LogP contribution in [0.3, 0.4) is 0 Å². The van der Waals surface area contributed by atoms with E-state index >= 15 is 0 Å². The average molecular weight is 622 g/mol. The Bertz CT molecular complexity index is 1920. The van der Waals surface area contributed by atoms with Gasteiger partial charge in [-0.3, -0.25) is 9.11 Å². The average Bonchev–Trinajstić information content (AvgIpc) is 2.92. The predicted octanol–water partition coefficient (Wildman–Crippen LogP) is 4.45. The Labute approximate surface area is 248 Å². The minimum absolute atomic E-state index is 0.0854. The number of fused-ring (bicyclic) bond motifs is 2. The van der Waals surface area contributed by atoms with Crippen LogP contribution in [0.25, 0.3) is 6.08 Å². The van der Waals surface area contributed by atoms with Gasteiger partial charge in [0, 0.05) is 37.0 Å². The van der Waals surface area contributed by atoms with Crippen LogP contribution < -0.4 is 10.1 Å². The lowest BCUT2D eigenvalue weighted by molar-refractivity contribution is -0.512. The van der Waals surface area contributed by atoms with E-state index in [1.165, 1.54) is 39.7 Å². The van der Waals surface area contributed by atoms with E-state index in [1.54, 1.807) is 30.3 Å². The van der Waals surface area contributed by atoms with E-state index < -0.39 is 28.3 Å². The van der Waals surface area contributed by atoms with Crippen LogP contribution in [0.1, 0.15) is 16.7 Å². The molecule has 1 heterocycles. The van der Waals surface area contributed by atoms with E-state index in [1.807, 2.05) is 25.1 Å². The molecule has 0 saturated heterocycles. The molecule has 0 spiro atoms. The first-order valence-corrected chi connectivity index (χ1v) is 19.2. The number of allylic oxidation sites excluding steroid dienone is 5. The predicted molar refractivity (Wildman–Crippen MR) is 168 cm³/mol. The Kier molecular flexibility index (Phi) is 7.75. The number of anilines is 1. The molecule has 218 valence electrons. The van der Waals surface area contributed by atoms with Crippen molar-refractivity contribution in [3.05, 3.63) is 112 Å². The van der Waals surface area contributed by atoms with Crippen molar-refractivity contribution in [3.63, 3.8) is 0 Å². The Morgan fingerprint density at radius 1 is 0.857 bits per heavy atom. The third kappa shape index (κ3) is 5.97. The van der Waals surface area contributed by atoms with Crippen molar-refractivity contribution in [1.82, 2.24) is 0 Å². The molecule has 0 radical (unpaired) electrons. The van der Waals surface area contributed by atoms with Gasteiger partial charge in [-0.25, -0.2) is 4.58 Å². The van der Waals surface area contributed by atoms with Crippen LogP contribution in [0.15, 0.2) is 106 Å². The van der Waals surface area contributed by atoms with E-state index in [-0.39, 0.29) is 9.79 Å². The minimum atomic E-state index is -4.33. The van der Waals surface area contributed by atoms with Crippen molar-refractivity contribution < 1.29 is 30.5 Å². The number of rotatable bonds is 7. The molecule has 2 N–H and O–H groups in total. The first-order valence-electron chi connectivity index (χ1n) is 13.3. The van der Waals surface area contributed by atoms with Gasteiger partial charge in [-0.15, -0.1) is 0 Å². The monoisotopic (exact) mass is 621 g/mol. The van der Waals surface area contributed by atoms with E-state index in [0.717, 1.165) is 17.0 Å². The lowest BCUT2D eigenvalue weighted by Gasteiger charge is -2.35. The van der Waals surface area contributed by atoms with Crippen molar-refractivity contribution in [2.24, 2.45) is 0 Å². The summed E-state index contributed by atoms with van der Waals surface area (Å²) in [6.07, 6.45) is 8.68. The van der Waals surface area contributed by atoms with Gasteiger partial charge in [-0.05, 0) is 69.6 Å². The summed E-state index contributed by atoms with van der Waals surface area (Å²) in [4.78, 5) is 1.78. The summed E-state index contributed by atoms with van der Waals surface area (Å²) in [5, 5.41) is 2.58. The highest BCUT2D eigenvalue weighted by molar-refractivity contribution is 7.86. The zero-order chi connectivity index (χ0) is 30.4. The Hall–Kier alpha value is -3.61. The topological polar surface area (TPSA) is 115 Å². The molecule has 0 aromatic heterocycles. The normalized spacial score (nSPS) is 17.1. The lowest BCUT2D eigenvalue weighted by atomic mass is 10.0. The van der Waals surface area contributed by atoms with Crippen molar-refractivity contribution in [2.45, 2.75) is 36.0 Å². The molecule has 5 rings (SSSR count). The quantitative estimate of drug-likeness (QED) is 0.228. The smallest absolute Gasteiger partial charge is 0.294 e. The fourth-order valence-electron chi connectivity index (χ4n) is 5.58. The van der Waals surface area contributed by atoms with Crippen LogP contribution >= 0.6 is 0 Å². The second kappa shape index (κ2) is 10.9. The van der Waals surface area contributed by atoms with Gasteiger partial charge in [0.1, 0.15) is 15.1 Å². The summed E-state index contributed by atoms with van der Waals surface area (Å²) in [7, 11) is -6.81. The van der Waals surface area contributed by atoms with Crippen molar-refractivity contribution >= 4 is 51.0 Å². The van der Waals surface area contributed by atoms with Crippen LogP contribution in [0.2, 0.25) is 13.1 Å². The molecule has 0 unspecified atom stereocenters. The fourth-order valence-corrected chi connectivity index (χ4v) is 9.83. The Balaban J connectivity index is 1.44. The van der Waals surface area contributed by atoms with E-state index in [0.29, 0.717) is 18.7 Å². The summed E-state index contributed by atoms with van der Waals surface area (Å²) in [6.45, 7) is 5.53. The van der Waals surface area contributed by atoms with Crippen molar-refractivity contribution in [1.29, 1.82) is 0 Å². The van der Waals surface area contributed by atoms with Gasteiger partial charge in [0.25, 0.3) is 20.2 Å².